The van der Waals surface area contributed by atoms with Gasteiger partial charge in [0.15, 0.2) is 0 Å². The van der Waals surface area contributed by atoms with E-state index < -0.39 is 5.91 Å². The molecule has 0 spiro atoms. The Labute approximate surface area is 172 Å². The molecule has 0 saturated heterocycles. The van der Waals surface area contributed by atoms with Crippen LogP contribution >= 0.6 is 0 Å². The van der Waals surface area contributed by atoms with Crippen molar-refractivity contribution in [3.63, 3.8) is 0 Å². The van der Waals surface area contributed by atoms with Crippen LogP contribution in [-0.2, 0) is 13.1 Å². The predicted octanol–water partition coefficient (Wildman–Crippen LogP) is 2.55. The lowest BCUT2D eigenvalue weighted by molar-refractivity contribution is 0.0948. The largest absolute Gasteiger partial charge is 0.348 e. The molecule has 150 valence electrons. The third kappa shape index (κ3) is 3.41. The number of rotatable bonds is 5. The third-order valence-corrected chi connectivity index (χ3v) is 4.91. The number of amides is 1. The second-order valence-electron chi connectivity index (χ2n) is 7.06. The number of allylic oxidation sites excluding steroid dienone is 1. The van der Waals surface area contributed by atoms with Crippen LogP contribution in [0.15, 0.2) is 72.2 Å². The van der Waals surface area contributed by atoms with E-state index in [1.807, 2.05) is 43.3 Å². The maximum atomic E-state index is 13.2. The lowest BCUT2D eigenvalue weighted by Crippen LogP contribution is -2.34. The summed E-state index contributed by atoms with van der Waals surface area (Å²) in [6.45, 7) is 6.21. The number of nitrogens with zero attached hydrogens (tertiary/aromatic N) is 3. The average Bonchev–Trinajstić information content (AvgIpc) is 2.75. The maximum absolute atomic E-state index is 13.2. The molecule has 3 aromatic heterocycles. The smallest absolute Gasteiger partial charge is 0.267 e. The van der Waals surface area contributed by atoms with Crippen LogP contribution in [0.3, 0.4) is 0 Å². The number of carbonyl (C=O) groups is 1. The van der Waals surface area contributed by atoms with Crippen LogP contribution in [0.4, 0.5) is 0 Å². The molecule has 1 amide bonds. The van der Waals surface area contributed by atoms with Crippen LogP contribution in [0, 0.1) is 12.3 Å². The molecule has 0 unspecified atom stereocenters. The molecule has 4 rings (SSSR count). The summed E-state index contributed by atoms with van der Waals surface area (Å²) in [5.74, 6) is -0.419. The number of nitrogens with one attached hydrogen (secondary N) is 2. The van der Waals surface area contributed by atoms with E-state index in [0.29, 0.717) is 17.8 Å². The first-order chi connectivity index (χ1) is 14.5. The molecule has 30 heavy (non-hydrogen) atoms. The van der Waals surface area contributed by atoms with Crippen molar-refractivity contribution >= 4 is 22.6 Å². The fraction of sp³-hybridized carbons (Fsp3) is 0.130. The molecule has 0 radical (unpaired) electrons. The highest BCUT2D eigenvalue weighted by atomic mass is 16.1. The summed E-state index contributed by atoms with van der Waals surface area (Å²) in [4.78, 5) is 30.6. The molecular formula is C23H21N5O2. The monoisotopic (exact) mass is 399 g/mol. The van der Waals surface area contributed by atoms with Crippen LogP contribution in [0.1, 0.15) is 21.5 Å². The van der Waals surface area contributed by atoms with Gasteiger partial charge in [0.1, 0.15) is 16.8 Å². The molecule has 0 aliphatic heterocycles. The van der Waals surface area contributed by atoms with Crippen molar-refractivity contribution in [2.45, 2.75) is 20.0 Å². The number of hydrogen-bond acceptors (Lipinski definition) is 4. The summed E-state index contributed by atoms with van der Waals surface area (Å²) < 4.78 is 2.99. The number of hydrogen-bond donors (Lipinski definition) is 2. The summed E-state index contributed by atoms with van der Waals surface area (Å²) in [6.07, 6.45) is 3.33. The van der Waals surface area contributed by atoms with Crippen molar-refractivity contribution in [2.24, 2.45) is 0 Å². The zero-order chi connectivity index (χ0) is 21.3. The molecule has 3 heterocycles. The number of aryl methyl sites for hydroxylation is 1. The summed E-state index contributed by atoms with van der Waals surface area (Å²) in [5, 5.41) is 11.7. The van der Waals surface area contributed by atoms with E-state index in [4.69, 9.17) is 5.41 Å². The summed E-state index contributed by atoms with van der Waals surface area (Å²) >= 11 is 0. The van der Waals surface area contributed by atoms with E-state index in [-0.39, 0.29) is 28.5 Å². The molecule has 0 fully saturated rings. The molecule has 7 nitrogen and oxygen atoms in total. The first-order valence-electron chi connectivity index (χ1n) is 9.54. The Kier molecular flexibility index (Phi) is 5.02. The van der Waals surface area contributed by atoms with Crippen LogP contribution in [0.5, 0.6) is 0 Å². The number of carbonyl (C=O) groups excluding carboxylic acids is 1. The minimum absolute atomic E-state index is 0.0173. The van der Waals surface area contributed by atoms with Gasteiger partial charge in [-0.3, -0.25) is 19.4 Å². The first kappa shape index (κ1) is 19.3. The van der Waals surface area contributed by atoms with Gasteiger partial charge in [0.25, 0.3) is 11.5 Å². The molecule has 1 aromatic carbocycles. The fourth-order valence-electron chi connectivity index (χ4n) is 3.40. The SMILES string of the molecule is C=CCn1c(=N)c(C(=O)NCc2ccccc2)cc2c(=O)n3cc(C)ccc3nc21. The lowest BCUT2D eigenvalue weighted by Gasteiger charge is -2.13. The average molecular weight is 399 g/mol. The highest BCUT2D eigenvalue weighted by Gasteiger charge is 2.17. The van der Waals surface area contributed by atoms with Crippen molar-refractivity contribution in [2.75, 3.05) is 0 Å². The Morgan fingerprint density at radius 3 is 2.73 bits per heavy atom. The van der Waals surface area contributed by atoms with Gasteiger partial charge < -0.3 is 9.88 Å². The van der Waals surface area contributed by atoms with Crippen LogP contribution in [0.25, 0.3) is 16.7 Å². The molecule has 0 saturated carbocycles. The molecule has 0 aliphatic carbocycles. The van der Waals surface area contributed by atoms with Gasteiger partial charge in [-0.15, -0.1) is 6.58 Å². The van der Waals surface area contributed by atoms with E-state index in [1.54, 1.807) is 18.3 Å². The number of aromatic nitrogens is 3. The maximum Gasteiger partial charge on any atom is 0.267 e. The number of fused-ring (bicyclic) bond motifs is 2. The van der Waals surface area contributed by atoms with E-state index in [2.05, 4.69) is 16.9 Å². The number of benzene rings is 1. The van der Waals surface area contributed by atoms with Gasteiger partial charge in [-0.25, -0.2) is 4.98 Å². The van der Waals surface area contributed by atoms with Crippen molar-refractivity contribution in [1.29, 1.82) is 5.41 Å². The zero-order valence-corrected chi connectivity index (χ0v) is 16.6. The molecule has 0 bridgehead atoms. The summed E-state index contributed by atoms with van der Waals surface area (Å²) in [5.41, 5.74) is 2.52. The van der Waals surface area contributed by atoms with Gasteiger partial charge in [0.2, 0.25) is 0 Å². The third-order valence-electron chi connectivity index (χ3n) is 4.91. The summed E-state index contributed by atoms with van der Waals surface area (Å²) in [6, 6.07) is 14.6. The van der Waals surface area contributed by atoms with Gasteiger partial charge in [-0.05, 0) is 30.2 Å². The molecule has 4 aromatic rings. The highest BCUT2D eigenvalue weighted by molar-refractivity contribution is 5.96. The molecule has 0 atom stereocenters. The van der Waals surface area contributed by atoms with E-state index >= 15 is 0 Å². The molecular weight excluding hydrogens is 378 g/mol. The van der Waals surface area contributed by atoms with Crippen LogP contribution < -0.4 is 16.4 Å². The normalized spacial score (nSPS) is 11.0. The first-order valence-corrected chi connectivity index (χ1v) is 9.54. The molecule has 7 heteroatoms. The zero-order valence-electron chi connectivity index (χ0n) is 16.6. The standard InChI is InChI=1S/C23H21N5O2/c1-3-11-27-20(24)17(22(29)25-13-16-7-5-4-6-8-16)12-18-21(27)26-19-10-9-15(2)14-28(19)23(18)30/h3-10,12,14,24H,1,11,13H2,2H3,(H,25,29). The fourth-order valence-corrected chi connectivity index (χ4v) is 3.40. The minimum Gasteiger partial charge on any atom is -0.348 e. The van der Waals surface area contributed by atoms with Crippen LogP contribution in [0.2, 0.25) is 0 Å². The Balaban J connectivity index is 1.88. The molecule has 0 aliphatic rings. The van der Waals surface area contributed by atoms with Crippen molar-refractivity contribution in [1.82, 2.24) is 19.3 Å². The van der Waals surface area contributed by atoms with Gasteiger partial charge in [0, 0.05) is 19.3 Å². The van der Waals surface area contributed by atoms with Gasteiger partial charge in [-0.1, -0.05) is 42.5 Å². The van der Waals surface area contributed by atoms with Gasteiger partial charge >= 0.3 is 0 Å². The van der Waals surface area contributed by atoms with Crippen molar-refractivity contribution in [3.05, 3.63) is 99.9 Å². The Hall–Kier alpha value is -4.00. The quantitative estimate of drug-likeness (QED) is 0.399. The van der Waals surface area contributed by atoms with Gasteiger partial charge in [0.05, 0.1) is 10.9 Å². The topological polar surface area (TPSA) is 92.2 Å². The highest BCUT2D eigenvalue weighted by Crippen LogP contribution is 2.11. The lowest BCUT2D eigenvalue weighted by atomic mass is 10.1. The number of pyridine rings is 2. The Bertz CT molecular complexity index is 1400. The van der Waals surface area contributed by atoms with Gasteiger partial charge in [-0.2, -0.15) is 0 Å². The summed E-state index contributed by atoms with van der Waals surface area (Å²) in [7, 11) is 0. The molecule has 2 N–H and O–H groups in total. The second-order valence-corrected chi connectivity index (χ2v) is 7.06. The Morgan fingerprint density at radius 1 is 1.23 bits per heavy atom. The minimum atomic E-state index is -0.419. The Morgan fingerprint density at radius 2 is 2.00 bits per heavy atom. The van der Waals surface area contributed by atoms with Crippen molar-refractivity contribution in [3.8, 4) is 0 Å². The van der Waals surface area contributed by atoms with E-state index in [0.717, 1.165) is 11.1 Å². The van der Waals surface area contributed by atoms with Crippen molar-refractivity contribution < 1.29 is 4.79 Å². The second kappa shape index (κ2) is 7.79. The van der Waals surface area contributed by atoms with E-state index in [9.17, 15) is 9.59 Å². The van der Waals surface area contributed by atoms with Crippen LogP contribution in [-0.4, -0.2) is 19.9 Å². The van der Waals surface area contributed by atoms with E-state index in [1.165, 1.54) is 15.0 Å². The predicted molar refractivity (Wildman–Crippen MR) is 115 cm³/mol.